The number of amides is 1. The summed E-state index contributed by atoms with van der Waals surface area (Å²) < 4.78 is 25.3. The van der Waals surface area contributed by atoms with Crippen LogP contribution in [0, 0.1) is 0 Å². The minimum absolute atomic E-state index is 0.0549. The van der Waals surface area contributed by atoms with Crippen molar-refractivity contribution in [3.05, 3.63) is 36.2 Å². The molecule has 0 spiro atoms. The number of hydrogen-bond donors (Lipinski definition) is 0. The molecular weight excluding hydrogens is 396 g/mol. The zero-order valence-electron chi connectivity index (χ0n) is 16.0. The van der Waals surface area contributed by atoms with Crippen molar-refractivity contribution in [3.63, 3.8) is 0 Å². The molecule has 0 N–H and O–H groups in total. The van der Waals surface area contributed by atoms with Crippen LogP contribution in [-0.2, 0) is 14.6 Å². The van der Waals surface area contributed by atoms with Gasteiger partial charge in [-0.05, 0) is 38.3 Å². The van der Waals surface area contributed by atoms with E-state index in [4.69, 9.17) is 4.98 Å². The van der Waals surface area contributed by atoms with Crippen LogP contribution >= 0.6 is 11.8 Å². The molecule has 0 bridgehead atoms. The fraction of sp³-hybridized carbons (Fsp3) is 0.526. The molecule has 1 saturated heterocycles. The second-order valence-corrected chi connectivity index (χ2v) is 11.1. The third-order valence-electron chi connectivity index (χ3n) is 5.29. The molecule has 2 aromatic rings. The third-order valence-corrected chi connectivity index (χ3v) is 7.98. The number of para-hydroxylation sites is 1. The molecular formula is C19H24N4O3S2. The quantitative estimate of drug-likeness (QED) is 0.667. The van der Waals surface area contributed by atoms with Gasteiger partial charge in [-0.1, -0.05) is 30.0 Å². The molecule has 0 radical (unpaired) electrons. The summed E-state index contributed by atoms with van der Waals surface area (Å²) in [6.07, 6.45) is 2.74. The van der Waals surface area contributed by atoms with Gasteiger partial charge in [-0.25, -0.2) is 18.1 Å². The highest BCUT2D eigenvalue weighted by Crippen LogP contribution is 2.40. The van der Waals surface area contributed by atoms with Crippen molar-refractivity contribution in [2.75, 3.05) is 18.6 Å². The monoisotopic (exact) mass is 420 g/mol. The minimum Gasteiger partial charge on any atom is -0.341 e. The number of nitrogens with zero attached hydrogens (tertiary/aromatic N) is 4. The van der Waals surface area contributed by atoms with Crippen LogP contribution in [0.25, 0.3) is 5.69 Å². The fourth-order valence-electron chi connectivity index (χ4n) is 3.48. The first kappa shape index (κ1) is 19.4. The number of aromatic nitrogens is 3. The normalized spacial score (nSPS) is 22.1. The molecule has 28 heavy (non-hydrogen) atoms. The Hall–Kier alpha value is -1.87. The Morgan fingerprint density at radius 1 is 1.25 bits per heavy atom. The van der Waals surface area contributed by atoms with Crippen LogP contribution in [0.4, 0.5) is 0 Å². The third kappa shape index (κ3) is 4.10. The van der Waals surface area contributed by atoms with Gasteiger partial charge in [0, 0.05) is 19.0 Å². The molecule has 150 valence electrons. The van der Waals surface area contributed by atoms with E-state index in [-0.39, 0.29) is 28.7 Å². The van der Waals surface area contributed by atoms with E-state index in [1.807, 2.05) is 41.9 Å². The highest BCUT2D eigenvalue weighted by atomic mass is 32.2. The zero-order valence-corrected chi connectivity index (χ0v) is 17.6. The zero-order chi connectivity index (χ0) is 19.9. The number of benzene rings is 1. The number of hydrogen-bond acceptors (Lipinski definition) is 6. The van der Waals surface area contributed by atoms with Crippen molar-refractivity contribution in [1.82, 2.24) is 19.7 Å². The topological polar surface area (TPSA) is 85.2 Å². The lowest BCUT2D eigenvalue weighted by molar-refractivity contribution is -0.130. The molecule has 1 aliphatic carbocycles. The molecule has 2 aliphatic rings. The predicted molar refractivity (Wildman–Crippen MR) is 108 cm³/mol. The highest BCUT2D eigenvalue weighted by Gasteiger charge is 2.35. The highest BCUT2D eigenvalue weighted by molar-refractivity contribution is 8.00. The van der Waals surface area contributed by atoms with E-state index in [9.17, 15) is 13.2 Å². The number of carbonyl (C=O) groups is 1. The SMILES string of the molecule is C[C@H](Sc1nc(C2CC2)n(-c2ccccc2)n1)C(=O)N(C)[C@@H]1CCS(=O)(=O)C1. The summed E-state index contributed by atoms with van der Waals surface area (Å²) in [6.45, 7) is 1.83. The maximum atomic E-state index is 12.8. The Balaban J connectivity index is 1.48. The fourth-order valence-corrected chi connectivity index (χ4v) is 6.11. The van der Waals surface area contributed by atoms with E-state index in [1.54, 1.807) is 11.9 Å². The van der Waals surface area contributed by atoms with E-state index < -0.39 is 9.84 Å². The van der Waals surface area contributed by atoms with Gasteiger partial charge in [0.25, 0.3) is 0 Å². The number of rotatable bonds is 6. The van der Waals surface area contributed by atoms with Gasteiger partial charge in [0.1, 0.15) is 5.82 Å². The molecule has 4 rings (SSSR count). The molecule has 2 fully saturated rings. The average Bonchev–Trinajstić information content (AvgIpc) is 3.34. The maximum absolute atomic E-state index is 12.8. The number of carbonyl (C=O) groups excluding carboxylic acids is 1. The van der Waals surface area contributed by atoms with E-state index in [0.29, 0.717) is 17.5 Å². The van der Waals surface area contributed by atoms with Crippen molar-refractivity contribution in [2.45, 2.75) is 48.6 Å². The van der Waals surface area contributed by atoms with Gasteiger partial charge in [0.2, 0.25) is 11.1 Å². The van der Waals surface area contributed by atoms with Crippen molar-refractivity contribution in [3.8, 4) is 5.69 Å². The summed E-state index contributed by atoms with van der Waals surface area (Å²) in [7, 11) is -1.33. The van der Waals surface area contributed by atoms with Crippen LogP contribution in [0.1, 0.15) is 37.9 Å². The molecule has 1 amide bonds. The van der Waals surface area contributed by atoms with Crippen LogP contribution in [0.5, 0.6) is 0 Å². The Bertz CT molecular complexity index is 970. The van der Waals surface area contributed by atoms with Crippen molar-refractivity contribution >= 4 is 27.5 Å². The Morgan fingerprint density at radius 3 is 2.57 bits per heavy atom. The molecule has 2 atom stereocenters. The molecule has 1 saturated carbocycles. The second kappa shape index (κ2) is 7.51. The van der Waals surface area contributed by atoms with Crippen LogP contribution in [0.2, 0.25) is 0 Å². The summed E-state index contributed by atoms with van der Waals surface area (Å²) in [5.74, 6) is 1.50. The molecule has 0 unspecified atom stereocenters. The predicted octanol–water partition coefficient (Wildman–Crippen LogP) is 2.27. The Morgan fingerprint density at radius 2 is 1.96 bits per heavy atom. The first-order chi connectivity index (χ1) is 13.3. The largest absolute Gasteiger partial charge is 0.341 e. The summed E-state index contributed by atoms with van der Waals surface area (Å²) in [6, 6.07) is 9.66. The molecule has 1 aromatic heterocycles. The van der Waals surface area contributed by atoms with Gasteiger partial charge in [-0.15, -0.1) is 5.10 Å². The number of thioether (sulfide) groups is 1. The van der Waals surface area contributed by atoms with Gasteiger partial charge in [-0.3, -0.25) is 4.79 Å². The molecule has 2 heterocycles. The minimum atomic E-state index is -3.02. The van der Waals surface area contributed by atoms with Crippen LogP contribution in [0.15, 0.2) is 35.5 Å². The lowest BCUT2D eigenvalue weighted by Gasteiger charge is -2.25. The molecule has 7 nitrogen and oxygen atoms in total. The van der Waals surface area contributed by atoms with Gasteiger partial charge in [0.05, 0.1) is 22.4 Å². The summed E-state index contributed by atoms with van der Waals surface area (Å²) >= 11 is 1.33. The van der Waals surface area contributed by atoms with E-state index >= 15 is 0 Å². The van der Waals surface area contributed by atoms with Crippen LogP contribution < -0.4 is 0 Å². The Labute approximate surface area is 169 Å². The van der Waals surface area contributed by atoms with E-state index in [1.165, 1.54) is 11.8 Å². The molecule has 1 aliphatic heterocycles. The first-order valence-corrected chi connectivity index (χ1v) is 12.2. The van der Waals surface area contributed by atoms with Crippen LogP contribution in [0.3, 0.4) is 0 Å². The van der Waals surface area contributed by atoms with Crippen molar-refractivity contribution < 1.29 is 13.2 Å². The van der Waals surface area contributed by atoms with Gasteiger partial charge < -0.3 is 4.90 Å². The summed E-state index contributed by atoms with van der Waals surface area (Å²) in [4.78, 5) is 19.1. The second-order valence-electron chi connectivity index (χ2n) is 7.54. The van der Waals surface area contributed by atoms with Gasteiger partial charge >= 0.3 is 0 Å². The molecule has 1 aromatic carbocycles. The first-order valence-electron chi connectivity index (χ1n) is 9.50. The summed E-state index contributed by atoms with van der Waals surface area (Å²) in [5.41, 5.74) is 0.969. The van der Waals surface area contributed by atoms with E-state index in [2.05, 4.69) is 5.10 Å². The number of sulfone groups is 1. The lowest BCUT2D eigenvalue weighted by Crippen LogP contribution is -2.41. The maximum Gasteiger partial charge on any atom is 0.235 e. The molecule has 9 heteroatoms. The summed E-state index contributed by atoms with van der Waals surface area (Å²) in [5, 5.41) is 4.85. The lowest BCUT2D eigenvalue weighted by atomic mass is 10.2. The van der Waals surface area contributed by atoms with E-state index in [0.717, 1.165) is 24.4 Å². The standard InChI is InChI=1S/C19H24N4O3S2/c1-13(18(24)22(2)16-10-11-28(25,26)12-16)27-19-20-17(14-8-9-14)23(21-19)15-6-4-3-5-7-15/h3-7,13-14,16H,8-12H2,1-2H3/t13-,16+/m0/s1. The smallest absolute Gasteiger partial charge is 0.235 e. The average molecular weight is 421 g/mol. The van der Waals surface area contributed by atoms with Gasteiger partial charge in [-0.2, -0.15) is 0 Å². The van der Waals surface area contributed by atoms with Gasteiger partial charge in [0.15, 0.2) is 9.84 Å². The van der Waals surface area contributed by atoms with Crippen molar-refractivity contribution in [2.24, 2.45) is 0 Å². The van der Waals surface area contributed by atoms with Crippen molar-refractivity contribution in [1.29, 1.82) is 0 Å². The Kier molecular flexibility index (Phi) is 5.22. The van der Waals surface area contributed by atoms with Crippen LogP contribution in [-0.4, -0.2) is 63.8 Å².